The molecule has 1 aliphatic heterocycles. The topological polar surface area (TPSA) is 151 Å². The van der Waals surface area contributed by atoms with Crippen molar-refractivity contribution in [2.24, 2.45) is 4.99 Å². The fourth-order valence-corrected chi connectivity index (χ4v) is 5.52. The number of carbonyl (C=O) groups is 2. The zero-order valence-electron chi connectivity index (χ0n) is 24.4. The summed E-state index contributed by atoms with van der Waals surface area (Å²) in [6.07, 6.45) is -0.0135. The molecule has 6 rings (SSSR count). The van der Waals surface area contributed by atoms with Crippen LogP contribution in [-0.4, -0.2) is 62.7 Å². The van der Waals surface area contributed by atoms with E-state index in [1.807, 2.05) is 41.8 Å². The third kappa shape index (κ3) is 5.89. The van der Waals surface area contributed by atoms with Crippen molar-refractivity contribution in [3.63, 3.8) is 0 Å². The number of nitrogens with zero attached hydrogens (tertiary/aromatic N) is 4. The van der Waals surface area contributed by atoms with E-state index in [-0.39, 0.29) is 42.8 Å². The van der Waals surface area contributed by atoms with Crippen molar-refractivity contribution in [3.05, 3.63) is 106 Å². The Morgan fingerprint density at radius 1 is 0.956 bits per heavy atom. The monoisotopic (exact) mass is 624 g/mol. The Balaban J connectivity index is 1.20. The molecule has 0 saturated heterocycles. The highest BCUT2D eigenvalue weighted by Gasteiger charge is 2.30. The van der Waals surface area contributed by atoms with E-state index in [1.54, 1.807) is 37.4 Å². The fourth-order valence-electron chi connectivity index (χ4n) is 5.40. The van der Waals surface area contributed by atoms with Gasteiger partial charge in [-0.2, -0.15) is 0 Å². The number of methoxy groups -OCH3 is 1. The summed E-state index contributed by atoms with van der Waals surface area (Å²) in [6, 6.07) is 20.1. The van der Waals surface area contributed by atoms with Crippen molar-refractivity contribution < 1.29 is 24.5 Å². The smallest absolute Gasteiger partial charge is 0.251 e. The van der Waals surface area contributed by atoms with Crippen molar-refractivity contribution in [1.29, 1.82) is 0 Å². The molecule has 228 valence electrons. The Morgan fingerprint density at radius 3 is 2.49 bits per heavy atom. The third-order valence-electron chi connectivity index (χ3n) is 7.58. The molecule has 2 amide bonds. The first kappa shape index (κ1) is 29.6. The molecule has 0 fully saturated rings. The van der Waals surface area contributed by atoms with E-state index in [0.29, 0.717) is 44.5 Å². The summed E-state index contributed by atoms with van der Waals surface area (Å²) in [5, 5.41) is 35.8. The lowest BCUT2D eigenvalue weighted by Crippen LogP contribution is -2.35. The zero-order chi connectivity index (χ0) is 31.7. The number of nitrogens with one attached hydrogen (secondary N) is 2. The molecule has 45 heavy (non-hydrogen) atoms. The summed E-state index contributed by atoms with van der Waals surface area (Å²) in [5.74, 6) is 0.583. The number of ether oxygens (including phenoxy) is 1. The van der Waals surface area contributed by atoms with Gasteiger partial charge in [0, 0.05) is 34.8 Å². The second kappa shape index (κ2) is 12.3. The minimum atomic E-state index is -0.662. The predicted molar refractivity (Wildman–Crippen MR) is 170 cm³/mol. The summed E-state index contributed by atoms with van der Waals surface area (Å²) >= 11 is 6.18. The van der Waals surface area contributed by atoms with Crippen molar-refractivity contribution >= 4 is 39.9 Å². The normalized spacial score (nSPS) is 13.8. The van der Waals surface area contributed by atoms with Crippen LogP contribution < -0.4 is 15.4 Å². The van der Waals surface area contributed by atoms with Gasteiger partial charge in [-0.1, -0.05) is 35.9 Å². The maximum absolute atomic E-state index is 13.2. The number of rotatable bonds is 8. The molecule has 0 aliphatic carbocycles. The molecular formula is C33H29ClN6O5. The van der Waals surface area contributed by atoms with Crippen LogP contribution in [-0.2, 0) is 4.79 Å². The van der Waals surface area contributed by atoms with Gasteiger partial charge in [-0.15, -0.1) is 10.2 Å². The van der Waals surface area contributed by atoms with Gasteiger partial charge >= 0.3 is 0 Å². The van der Waals surface area contributed by atoms with E-state index in [4.69, 9.17) is 21.3 Å². The minimum Gasteiger partial charge on any atom is -0.504 e. The van der Waals surface area contributed by atoms with Crippen molar-refractivity contribution in [2.45, 2.75) is 19.4 Å². The highest BCUT2D eigenvalue weighted by molar-refractivity contribution is 6.30. The number of aryl methyl sites for hydroxylation is 1. The van der Waals surface area contributed by atoms with E-state index in [0.717, 1.165) is 16.8 Å². The summed E-state index contributed by atoms with van der Waals surface area (Å²) in [5.41, 5.74) is 3.41. The molecule has 0 spiro atoms. The summed E-state index contributed by atoms with van der Waals surface area (Å²) in [4.78, 5) is 31.2. The quantitative estimate of drug-likeness (QED) is 0.145. The predicted octanol–water partition coefficient (Wildman–Crippen LogP) is 4.63. The number of fused-ring (bicyclic) bond motifs is 4. The molecule has 5 aromatic rings. The number of amides is 2. The summed E-state index contributed by atoms with van der Waals surface area (Å²) < 4.78 is 7.42. The van der Waals surface area contributed by atoms with Crippen molar-refractivity contribution in [2.75, 3.05) is 20.2 Å². The van der Waals surface area contributed by atoms with E-state index in [1.165, 1.54) is 12.1 Å². The molecule has 0 radical (unpaired) electrons. The molecule has 4 aromatic carbocycles. The number of aliphatic imine (C=N–C) groups is 1. The first-order valence-electron chi connectivity index (χ1n) is 14.2. The van der Waals surface area contributed by atoms with Gasteiger partial charge in [-0.25, -0.2) is 0 Å². The van der Waals surface area contributed by atoms with Gasteiger partial charge < -0.3 is 25.6 Å². The van der Waals surface area contributed by atoms with Crippen LogP contribution in [0.3, 0.4) is 0 Å². The number of benzene rings is 4. The van der Waals surface area contributed by atoms with Gasteiger partial charge in [0.1, 0.15) is 17.6 Å². The molecule has 0 saturated carbocycles. The van der Waals surface area contributed by atoms with Crippen LogP contribution in [0.2, 0.25) is 5.02 Å². The van der Waals surface area contributed by atoms with Crippen LogP contribution in [0.25, 0.3) is 16.5 Å². The molecule has 0 unspecified atom stereocenters. The number of hydrogen-bond donors (Lipinski definition) is 4. The number of aromatic nitrogens is 3. The second-order valence-electron chi connectivity index (χ2n) is 10.5. The number of phenols is 2. The molecule has 11 nitrogen and oxygen atoms in total. The van der Waals surface area contributed by atoms with Gasteiger partial charge in [0.25, 0.3) is 5.91 Å². The lowest BCUT2D eigenvalue weighted by molar-refractivity contribution is -0.121. The average Bonchev–Trinajstić information content (AvgIpc) is 3.36. The first-order valence-corrected chi connectivity index (χ1v) is 14.6. The fraction of sp³-hybridized carbons (Fsp3) is 0.182. The molecular weight excluding hydrogens is 596 g/mol. The zero-order valence-corrected chi connectivity index (χ0v) is 25.2. The summed E-state index contributed by atoms with van der Waals surface area (Å²) in [7, 11) is 1.60. The lowest BCUT2D eigenvalue weighted by atomic mass is 10.00. The maximum Gasteiger partial charge on any atom is 0.251 e. The van der Waals surface area contributed by atoms with Crippen LogP contribution in [0.15, 0.2) is 77.8 Å². The highest BCUT2D eigenvalue weighted by Crippen LogP contribution is 2.35. The molecule has 1 atom stereocenters. The van der Waals surface area contributed by atoms with Crippen LogP contribution in [0, 0.1) is 6.92 Å². The van der Waals surface area contributed by atoms with Crippen molar-refractivity contribution in [3.8, 4) is 22.9 Å². The van der Waals surface area contributed by atoms with Crippen LogP contribution in [0.5, 0.6) is 17.2 Å². The molecule has 0 bridgehead atoms. The van der Waals surface area contributed by atoms with Gasteiger partial charge in [0.15, 0.2) is 17.3 Å². The number of halogens is 1. The Bertz CT molecular complexity index is 1970. The Hall–Kier alpha value is -5.42. The molecule has 1 aliphatic rings. The lowest BCUT2D eigenvalue weighted by Gasteiger charge is -2.14. The van der Waals surface area contributed by atoms with E-state index in [2.05, 4.69) is 20.8 Å². The van der Waals surface area contributed by atoms with Crippen LogP contribution >= 0.6 is 11.6 Å². The first-order chi connectivity index (χ1) is 21.7. The standard InChI is InChI=1S/C33H29ClN6O5/c1-18-38-39-32-26(37-31(19-6-8-21(34)9-7-19)25-15-22(45-2)10-11-27(25)40(18)32)17-30(43)35-12-13-36-33(44)23-5-3-4-20-14-28(41)29(42)16-24(20)23/h3-11,14-16,26,41-42H,12-13,17H2,1-2H3,(H,35,43)(H,36,44)/t26-/m0/s1. The Labute approximate surface area is 263 Å². The number of hydrogen-bond acceptors (Lipinski definition) is 8. The molecule has 12 heteroatoms. The largest absolute Gasteiger partial charge is 0.504 e. The summed E-state index contributed by atoms with van der Waals surface area (Å²) in [6.45, 7) is 2.18. The SMILES string of the molecule is COc1ccc2c(c1)C(c1ccc(Cl)cc1)=N[C@@H](CC(=O)NCCNC(=O)c1cccc3cc(O)c(O)cc13)c1nnc(C)n1-2. The maximum atomic E-state index is 13.2. The van der Waals surface area contributed by atoms with E-state index < -0.39 is 6.04 Å². The Kier molecular flexibility index (Phi) is 8.10. The third-order valence-corrected chi connectivity index (χ3v) is 7.83. The van der Waals surface area contributed by atoms with Gasteiger partial charge in [0.2, 0.25) is 5.91 Å². The van der Waals surface area contributed by atoms with Gasteiger partial charge in [-0.05, 0) is 66.2 Å². The molecule has 2 heterocycles. The number of phenolic OH excluding ortho intramolecular Hbond substituents is 2. The van der Waals surface area contributed by atoms with Gasteiger partial charge in [0.05, 0.1) is 24.9 Å². The van der Waals surface area contributed by atoms with Crippen molar-refractivity contribution in [1.82, 2.24) is 25.4 Å². The number of carbonyl (C=O) groups excluding carboxylic acids is 2. The number of aromatic hydroxyl groups is 2. The highest BCUT2D eigenvalue weighted by atomic mass is 35.5. The molecule has 1 aromatic heterocycles. The van der Waals surface area contributed by atoms with Crippen LogP contribution in [0.4, 0.5) is 0 Å². The van der Waals surface area contributed by atoms with E-state index in [9.17, 15) is 19.8 Å². The average molecular weight is 625 g/mol. The Morgan fingerprint density at radius 2 is 1.71 bits per heavy atom. The van der Waals surface area contributed by atoms with Crippen LogP contribution in [0.1, 0.15) is 45.6 Å². The minimum absolute atomic E-state index is 0.0135. The molecule has 4 N–H and O–H groups in total. The van der Waals surface area contributed by atoms with E-state index >= 15 is 0 Å². The second-order valence-corrected chi connectivity index (χ2v) is 10.9. The van der Waals surface area contributed by atoms with Gasteiger partial charge in [-0.3, -0.25) is 19.1 Å².